The molecule has 1 aromatic rings. The highest BCUT2D eigenvalue weighted by Crippen LogP contribution is 2.32. The van der Waals surface area contributed by atoms with Crippen LogP contribution < -0.4 is 10.6 Å². The van der Waals surface area contributed by atoms with Gasteiger partial charge in [-0.05, 0) is 32.9 Å². The van der Waals surface area contributed by atoms with Gasteiger partial charge in [-0.1, -0.05) is 6.07 Å². The summed E-state index contributed by atoms with van der Waals surface area (Å²) in [5, 5.41) is 25.9. The smallest absolute Gasteiger partial charge is 0.257 e. The van der Waals surface area contributed by atoms with Crippen molar-refractivity contribution in [1.29, 1.82) is 0 Å². The summed E-state index contributed by atoms with van der Waals surface area (Å²) in [5.41, 5.74) is 0.969. The molecule has 1 amide bonds. The van der Waals surface area contributed by atoms with Crippen molar-refractivity contribution < 1.29 is 19.8 Å². The number of carbonyl (C=O) groups is 2. The summed E-state index contributed by atoms with van der Waals surface area (Å²) >= 11 is 0. The van der Waals surface area contributed by atoms with E-state index in [2.05, 4.69) is 10.6 Å². The molecule has 1 aliphatic carbocycles. The first-order valence-corrected chi connectivity index (χ1v) is 7.85. The topological polar surface area (TPSA) is 102 Å². The van der Waals surface area contributed by atoms with Gasteiger partial charge in [0.25, 0.3) is 5.91 Å². The molecule has 7 heteroatoms. The first kappa shape index (κ1) is 17.8. The average molecular weight is 333 g/mol. The Labute approximate surface area is 141 Å². The molecule has 0 bridgehead atoms. The molecule has 0 radical (unpaired) electrons. The van der Waals surface area contributed by atoms with Crippen molar-refractivity contribution in [3.63, 3.8) is 0 Å². The third-order valence-electron chi connectivity index (χ3n) is 3.83. The van der Waals surface area contributed by atoms with E-state index in [1.54, 1.807) is 19.2 Å². The van der Waals surface area contributed by atoms with E-state index >= 15 is 0 Å². The Morgan fingerprint density at radius 3 is 2.62 bits per heavy atom. The fourth-order valence-corrected chi connectivity index (χ4v) is 2.35. The van der Waals surface area contributed by atoms with E-state index in [0.29, 0.717) is 12.2 Å². The summed E-state index contributed by atoms with van der Waals surface area (Å²) in [5.74, 6) is -0.999. The third-order valence-corrected chi connectivity index (χ3v) is 3.83. The van der Waals surface area contributed by atoms with Crippen molar-refractivity contribution in [2.75, 3.05) is 18.9 Å². The van der Waals surface area contributed by atoms with E-state index < -0.39 is 11.9 Å². The molecule has 7 nitrogen and oxygen atoms in total. The fourth-order valence-electron chi connectivity index (χ4n) is 2.35. The van der Waals surface area contributed by atoms with Crippen LogP contribution in [0.15, 0.2) is 29.6 Å². The van der Waals surface area contributed by atoms with Crippen molar-refractivity contribution in [3.05, 3.63) is 35.2 Å². The van der Waals surface area contributed by atoms with Gasteiger partial charge in [0, 0.05) is 19.6 Å². The first-order valence-electron chi connectivity index (χ1n) is 7.85. The van der Waals surface area contributed by atoms with Crippen LogP contribution in [-0.2, 0) is 4.79 Å². The maximum Gasteiger partial charge on any atom is 0.257 e. The van der Waals surface area contributed by atoms with Crippen molar-refractivity contribution in [2.45, 2.75) is 32.9 Å². The lowest BCUT2D eigenvalue weighted by Crippen LogP contribution is -2.47. The predicted octanol–water partition coefficient (Wildman–Crippen LogP) is 1.05. The number of rotatable bonds is 6. The Kier molecular flexibility index (Phi) is 5.14. The Morgan fingerprint density at radius 2 is 2.04 bits per heavy atom. The van der Waals surface area contributed by atoms with Gasteiger partial charge in [-0.25, -0.2) is 0 Å². The number of aliphatic hydroxyl groups is 1. The molecule has 0 saturated heterocycles. The molecule has 0 aromatic heterocycles. The highest BCUT2D eigenvalue weighted by molar-refractivity contribution is 6.11. The van der Waals surface area contributed by atoms with Gasteiger partial charge >= 0.3 is 0 Å². The molecule has 1 aliphatic rings. The van der Waals surface area contributed by atoms with Gasteiger partial charge in [-0.3, -0.25) is 9.59 Å². The SMILES string of the molecule is CCN(C)C(=O)c1cccc(NC2=C(NC(C)C)C(O)C2=O)c1O. The fraction of sp³-hybridized carbons (Fsp3) is 0.412. The molecule has 0 fully saturated rings. The number of nitrogens with zero attached hydrogens (tertiary/aromatic N) is 1. The van der Waals surface area contributed by atoms with Crippen LogP contribution in [0.4, 0.5) is 5.69 Å². The van der Waals surface area contributed by atoms with Crippen molar-refractivity contribution in [3.8, 4) is 5.75 Å². The molecule has 1 aromatic carbocycles. The normalized spacial score (nSPS) is 16.9. The molecule has 2 rings (SSSR count). The number of anilines is 1. The second kappa shape index (κ2) is 6.92. The van der Waals surface area contributed by atoms with Crippen molar-refractivity contribution in [1.82, 2.24) is 10.2 Å². The monoisotopic (exact) mass is 333 g/mol. The third kappa shape index (κ3) is 3.21. The number of amides is 1. The number of Topliss-reactive ketones (excluding diaryl/α,β-unsaturated/α-hetero) is 1. The number of phenolic OH excluding ortho intramolecular Hbond substituents is 1. The van der Waals surface area contributed by atoms with Gasteiger partial charge in [0.2, 0.25) is 5.78 Å². The van der Waals surface area contributed by atoms with Crippen LogP contribution in [0.25, 0.3) is 0 Å². The number of aliphatic hydroxyl groups excluding tert-OH is 1. The first-order chi connectivity index (χ1) is 11.3. The number of hydrogen-bond acceptors (Lipinski definition) is 6. The van der Waals surface area contributed by atoms with Crippen molar-refractivity contribution >= 4 is 17.4 Å². The van der Waals surface area contributed by atoms with Gasteiger partial charge < -0.3 is 25.7 Å². The number of ketones is 1. The molecule has 130 valence electrons. The minimum atomic E-state index is -1.19. The second-order valence-corrected chi connectivity index (χ2v) is 6.00. The maximum atomic E-state index is 12.3. The Balaban J connectivity index is 2.32. The number of carbonyl (C=O) groups excluding carboxylic acids is 2. The molecule has 0 heterocycles. The van der Waals surface area contributed by atoms with Gasteiger partial charge in [-0.2, -0.15) is 0 Å². The van der Waals surface area contributed by atoms with E-state index in [1.165, 1.54) is 11.0 Å². The van der Waals surface area contributed by atoms with Crippen LogP contribution in [0.3, 0.4) is 0 Å². The van der Waals surface area contributed by atoms with E-state index in [0.717, 1.165) is 0 Å². The molecule has 4 N–H and O–H groups in total. The highest BCUT2D eigenvalue weighted by Gasteiger charge is 2.39. The van der Waals surface area contributed by atoms with Crippen LogP contribution in [0.5, 0.6) is 5.75 Å². The molecule has 24 heavy (non-hydrogen) atoms. The molecule has 0 saturated carbocycles. The van der Waals surface area contributed by atoms with Crippen LogP contribution in [0.2, 0.25) is 0 Å². The summed E-state index contributed by atoms with van der Waals surface area (Å²) in [6, 6.07) is 4.75. The van der Waals surface area contributed by atoms with Crippen LogP contribution in [0, 0.1) is 0 Å². The van der Waals surface area contributed by atoms with Crippen LogP contribution in [-0.4, -0.2) is 52.5 Å². The van der Waals surface area contributed by atoms with Crippen LogP contribution >= 0.6 is 0 Å². The zero-order chi connectivity index (χ0) is 18.0. The summed E-state index contributed by atoms with van der Waals surface area (Å²) in [4.78, 5) is 25.6. The summed E-state index contributed by atoms with van der Waals surface area (Å²) in [6.07, 6.45) is -1.19. The zero-order valence-electron chi connectivity index (χ0n) is 14.3. The largest absolute Gasteiger partial charge is 0.505 e. The predicted molar refractivity (Wildman–Crippen MR) is 90.7 cm³/mol. The summed E-state index contributed by atoms with van der Waals surface area (Å²) in [6.45, 7) is 6.11. The van der Waals surface area contributed by atoms with Gasteiger partial charge in [0.15, 0.2) is 11.9 Å². The second-order valence-electron chi connectivity index (χ2n) is 6.00. The molecule has 0 spiro atoms. The number of phenols is 1. The summed E-state index contributed by atoms with van der Waals surface area (Å²) in [7, 11) is 1.64. The lowest BCUT2D eigenvalue weighted by molar-refractivity contribution is -0.124. The van der Waals surface area contributed by atoms with E-state index in [9.17, 15) is 19.8 Å². The number of para-hydroxylation sites is 1. The molecule has 0 aliphatic heterocycles. The highest BCUT2D eigenvalue weighted by atomic mass is 16.3. The Bertz CT molecular complexity index is 697. The number of hydrogen-bond donors (Lipinski definition) is 4. The summed E-state index contributed by atoms with van der Waals surface area (Å²) < 4.78 is 0. The number of benzene rings is 1. The standard InChI is InChI=1S/C17H23N3O4/c1-5-20(4)17(24)10-7-6-8-11(14(10)21)19-13-12(18-9(2)3)15(22)16(13)23/h6-9,15,18-19,21-22H,5H2,1-4H3. The Hall–Kier alpha value is -2.54. The van der Waals surface area contributed by atoms with E-state index in [-0.39, 0.29) is 34.6 Å². The van der Waals surface area contributed by atoms with Gasteiger partial charge in [0.1, 0.15) is 5.70 Å². The lowest BCUT2D eigenvalue weighted by atomic mass is 9.94. The quantitative estimate of drug-likeness (QED) is 0.581. The van der Waals surface area contributed by atoms with E-state index in [4.69, 9.17) is 0 Å². The molecule has 1 atom stereocenters. The van der Waals surface area contributed by atoms with Gasteiger partial charge in [0.05, 0.1) is 16.9 Å². The maximum absolute atomic E-state index is 12.3. The van der Waals surface area contributed by atoms with Gasteiger partial charge in [-0.15, -0.1) is 0 Å². The number of nitrogens with one attached hydrogen (secondary N) is 2. The Morgan fingerprint density at radius 1 is 1.38 bits per heavy atom. The molecular formula is C17H23N3O4. The zero-order valence-corrected chi connectivity index (χ0v) is 14.3. The minimum absolute atomic E-state index is 0.0410. The minimum Gasteiger partial charge on any atom is -0.505 e. The average Bonchev–Trinajstić information content (AvgIpc) is 2.57. The molecule has 1 unspecified atom stereocenters. The molecular weight excluding hydrogens is 310 g/mol. The lowest BCUT2D eigenvalue weighted by Gasteiger charge is -2.31. The van der Waals surface area contributed by atoms with E-state index in [1.807, 2.05) is 20.8 Å². The number of aromatic hydroxyl groups is 1. The van der Waals surface area contributed by atoms with Crippen LogP contribution in [0.1, 0.15) is 31.1 Å². The van der Waals surface area contributed by atoms with Crippen molar-refractivity contribution in [2.24, 2.45) is 0 Å².